The molecule has 0 saturated carbocycles. The van der Waals surface area contributed by atoms with Gasteiger partial charge in [-0.15, -0.1) is 0 Å². The predicted molar refractivity (Wildman–Crippen MR) is 119 cm³/mol. The van der Waals surface area contributed by atoms with Gasteiger partial charge in [-0.25, -0.2) is 8.42 Å². The van der Waals surface area contributed by atoms with E-state index in [9.17, 15) is 13.2 Å². The smallest absolute Gasteiger partial charge is 0.245 e. The number of hydrogen-bond donors (Lipinski definition) is 1. The summed E-state index contributed by atoms with van der Waals surface area (Å²) in [5.74, 6) is -0.491. The molecule has 29 heavy (non-hydrogen) atoms. The van der Waals surface area contributed by atoms with Gasteiger partial charge >= 0.3 is 0 Å². The summed E-state index contributed by atoms with van der Waals surface area (Å²) in [7, 11) is -3.75. The predicted octanol–water partition coefficient (Wildman–Crippen LogP) is 5.07. The van der Waals surface area contributed by atoms with Gasteiger partial charge in [0.1, 0.15) is 6.54 Å². The third-order valence-corrected chi connectivity index (χ3v) is 5.69. The van der Waals surface area contributed by atoms with Crippen LogP contribution >= 0.6 is 23.2 Å². The summed E-state index contributed by atoms with van der Waals surface area (Å²) < 4.78 is 25.5. The van der Waals surface area contributed by atoms with Crippen molar-refractivity contribution in [3.63, 3.8) is 0 Å². The average molecular weight is 449 g/mol. The van der Waals surface area contributed by atoms with Crippen LogP contribution in [0, 0.1) is 0 Å². The molecule has 0 bridgehead atoms. The third-order valence-electron chi connectivity index (χ3n) is 4.11. The molecule has 3 aromatic rings. The second-order valence-corrected chi connectivity index (χ2v) is 9.14. The Morgan fingerprint density at radius 1 is 0.931 bits per heavy atom. The maximum Gasteiger partial charge on any atom is 0.245 e. The fourth-order valence-electron chi connectivity index (χ4n) is 2.87. The van der Waals surface area contributed by atoms with Crippen LogP contribution in [0.5, 0.6) is 0 Å². The molecule has 3 aromatic carbocycles. The van der Waals surface area contributed by atoms with Crippen LogP contribution in [-0.4, -0.2) is 27.1 Å². The van der Waals surface area contributed by atoms with Gasteiger partial charge in [0.05, 0.1) is 11.9 Å². The molecular weight excluding hydrogens is 431 g/mol. The highest BCUT2D eigenvalue weighted by atomic mass is 35.5. The van der Waals surface area contributed by atoms with Crippen LogP contribution < -0.4 is 9.62 Å². The number of hydrogen-bond acceptors (Lipinski definition) is 3. The van der Waals surface area contributed by atoms with E-state index in [1.807, 2.05) is 42.5 Å². The van der Waals surface area contributed by atoms with Crippen molar-refractivity contribution in [3.05, 3.63) is 82.8 Å². The number of rotatable bonds is 6. The zero-order valence-corrected chi connectivity index (χ0v) is 17.8. The Morgan fingerprint density at radius 2 is 1.52 bits per heavy atom. The van der Waals surface area contributed by atoms with Crippen LogP contribution in [0.1, 0.15) is 0 Å². The second kappa shape index (κ2) is 8.86. The van der Waals surface area contributed by atoms with Crippen molar-refractivity contribution in [2.24, 2.45) is 0 Å². The number of amides is 1. The van der Waals surface area contributed by atoms with Crippen molar-refractivity contribution in [2.45, 2.75) is 0 Å². The number of carbonyl (C=O) groups excluding carboxylic acids is 1. The highest BCUT2D eigenvalue weighted by molar-refractivity contribution is 7.92. The lowest BCUT2D eigenvalue weighted by molar-refractivity contribution is -0.114. The van der Waals surface area contributed by atoms with Gasteiger partial charge < -0.3 is 5.32 Å². The van der Waals surface area contributed by atoms with Crippen molar-refractivity contribution in [3.8, 4) is 11.1 Å². The number of carbonyl (C=O) groups is 1. The molecule has 0 saturated heterocycles. The van der Waals surface area contributed by atoms with Crippen molar-refractivity contribution >= 4 is 50.5 Å². The van der Waals surface area contributed by atoms with Gasteiger partial charge in [-0.05, 0) is 29.8 Å². The van der Waals surface area contributed by atoms with E-state index in [-0.39, 0.29) is 15.7 Å². The van der Waals surface area contributed by atoms with E-state index in [1.165, 1.54) is 18.2 Å². The molecule has 0 spiro atoms. The Labute approximate surface area is 179 Å². The minimum absolute atomic E-state index is 0.219. The molecule has 0 atom stereocenters. The molecule has 5 nitrogen and oxygen atoms in total. The molecule has 0 aromatic heterocycles. The molecule has 0 heterocycles. The lowest BCUT2D eigenvalue weighted by Gasteiger charge is -2.22. The summed E-state index contributed by atoms with van der Waals surface area (Å²) in [5, 5.41) is 3.35. The summed E-state index contributed by atoms with van der Waals surface area (Å²) >= 11 is 12.0. The third kappa shape index (κ3) is 5.50. The van der Waals surface area contributed by atoms with E-state index in [2.05, 4.69) is 5.32 Å². The highest BCUT2D eigenvalue weighted by Gasteiger charge is 2.22. The van der Waals surface area contributed by atoms with Crippen molar-refractivity contribution < 1.29 is 13.2 Å². The van der Waals surface area contributed by atoms with Gasteiger partial charge in [0.25, 0.3) is 0 Å². The first-order valence-electron chi connectivity index (χ1n) is 8.62. The van der Waals surface area contributed by atoms with Crippen LogP contribution in [0.4, 0.5) is 11.4 Å². The van der Waals surface area contributed by atoms with E-state index < -0.39 is 22.5 Å². The van der Waals surface area contributed by atoms with E-state index in [1.54, 1.807) is 12.1 Å². The molecular formula is C21H18Cl2N2O3S. The Bertz CT molecular complexity index is 1120. The molecule has 0 fully saturated rings. The molecule has 0 aliphatic rings. The zero-order chi connectivity index (χ0) is 21.0. The molecule has 8 heteroatoms. The summed E-state index contributed by atoms with van der Waals surface area (Å²) in [6.07, 6.45) is 1.02. The fourth-order valence-corrected chi connectivity index (χ4v) is 4.22. The Kier molecular flexibility index (Phi) is 6.47. The molecule has 1 amide bonds. The zero-order valence-electron chi connectivity index (χ0n) is 15.5. The topological polar surface area (TPSA) is 66.5 Å². The summed E-state index contributed by atoms with van der Waals surface area (Å²) in [6.45, 7) is -0.418. The molecule has 150 valence electrons. The fraction of sp³-hybridized carbons (Fsp3) is 0.0952. The summed E-state index contributed by atoms with van der Waals surface area (Å²) in [6, 6.07) is 21.3. The van der Waals surface area contributed by atoms with E-state index in [4.69, 9.17) is 23.2 Å². The molecule has 0 unspecified atom stereocenters. The average Bonchev–Trinajstić information content (AvgIpc) is 2.65. The Balaban J connectivity index is 1.87. The first-order valence-corrected chi connectivity index (χ1v) is 11.2. The van der Waals surface area contributed by atoms with Crippen LogP contribution in [0.3, 0.4) is 0 Å². The van der Waals surface area contributed by atoms with Gasteiger partial charge in [-0.3, -0.25) is 9.10 Å². The van der Waals surface area contributed by atoms with Gasteiger partial charge in [-0.2, -0.15) is 0 Å². The number of nitrogens with one attached hydrogen (secondary N) is 1. The van der Waals surface area contributed by atoms with Crippen molar-refractivity contribution in [1.29, 1.82) is 0 Å². The number of halogens is 2. The molecule has 0 aliphatic heterocycles. The lowest BCUT2D eigenvalue weighted by atomic mass is 10.0. The minimum Gasteiger partial charge on any atom is -0.324 e. The van der Waals surface area contributed by atoms with Crippen molar-refractivity contribution in [1.82, 2.24) is 0 Å². The van der Waals surface area contributed by atoms with Crippen LogP contribution in [-0.2, 0) is 14.8 Å². The van der Waals surface area contributed by atoms with Gasteiger partial charge in [0.2, 0.25) is 15.9 Å². The minimum atomic E-state index is -3.75. The SMILES string of the molecule is CS(=O)(=O)N(CC(=O)Nc1ccccc1-c1ccccc1)c1cc(Cl)cc(Cl)c1. The molecule has 3 rings (SSSR count). The molecule has 0 radical (unpaired) electrons. The second-order valence-electron chi connectivity index (χ2n) is 6.36. The van der Waals surface area contributed by atoms with Crippen molar-refractivity contribution in [2.75, 3.05) is 22.4 Å². The standard InChI is InChI=1S/C21H18Cl2N2O3S/c1-29(27,28)25(18-12-16(22)11-17(23)13-18)14-21(26)24-20-10-6-5-9-19(20)15-7-3-2-4-8-15/h2-13H,14H2,1H3,(H,24,26). The molecule has 0 aliphatic carbocycles. The number of para-hydroxylation sites is 1. The normalized spacial score (nSPS) is 11.1. The van der Waals surface area contributed by atoms with Crippen LogP contribution in [0.2, 0.25) is 10.0 Å². The van der Waals surface area contributed by atoms with Crippen LogP contribution in [0.25, 0.3) is 11.1 Å². The van der Waals surface area contributed by atoms with Gasteiger partial charge in [0, 0.05) is 21.3 Å². The number of sulfonamides is 1. The Hall–Kier alpha value is -2.54. The quantitative estimate of drug-likeness (QED) is 0.572. The largest absolute Gasteiger partial charge is 0.324 e. The molecule has 1 N–H and O–H groups in total. The Morgan fingerprint density at radius 3 is 2.14 bits per heavy atom. The van der Waals surface area contributed by atoms with E-state index in [0.717, 1.165) is 21.7 Å². The number of benzene rings is 3. The van der Waals surface area contributed by atoms with Gasteiger partial charge in [-0.1, -0.05) is 71.7 Å². The number of nitrogens with zero attached hydrogens (tertiary/aromatic N) is 1. The van der Waals surface area contributed by atoms with Gasteiger partial charge in [0.15, 0.2) is 0 Å². The number of anilines is 2. The summed E-state index contributed by atoms with van der Waals surface area (Å²) in [5.41, 5.74) is 2.57. The maximum atomic E-state index is 12.7. The maximum absolute atomic E-state index is 12.7. The van der Waals surface area contributed by atoms with E-state index >= 15 is 0 Å². The first kappa shape index (κ1) is 21.2. The van der Waals surface area contributed by atoms with E-state index in [0.29, 0.717) is 5.69 Å². The monoisotopic (exact) mass is 448 g/mol. The lowest BCUT2D eigenvalue weighted by Crippen LogP contribution is -2.37. The highest BCUT2D eigenvalue weighted by Crippen LogP contribution is 2.29. The van der Waals surface area contributed by atoms with Crippen LogP contribution in [0.15, 0.2) is 72.8 Å². The first-order chi connectivity index (χ1) is 13.7. The summed E-state index contributed by atoms with van der Waals surface area (Å²) in [4.78, 5) is 12.7.